The zero-order valence-corrected chi connectivity index (χ0v) is 11.0. The lowest BCUT2D eigenvalue weighted by molar-refractivity contribution is 0.0526. The molecular weight excluding hydrogens is 256 g/mol. The fraction of sp³-hybridized carbons (Fsp3) is 0.125. The number of carbonyl (C=O) groups excluding carboxylic acids is 2. The number of benzene rings is 2. The second-order valence-electron chi connectivity index (χ2n) is 4.04. The van der Waals surface area contributed by atoms with Crippen LogP contribution in [0.4, 0.5) is 0 Å². The summed E-state index contributed by atoms with van der Waals surface area (Å²) >= 11 is 0. The van der Waals surface area contributed by atoms with Crippen LogP contribution in [0.25, 0.3) is 0 Å². The monoisotopic (exact) mass is 270 g/mol. The number of hydrogen-bond donors (Lipinski definition) is 0. The van der Waals surface area contributed by atoms with Crippen LogP contribution in [0.5, 0.6) is 11.5 Å². The molecule has 0 fully saturated rings. The van der Waals surface area contributed by atoms with Gasteiger partial charge in [0.1, 0.15) is 17.8 Å². The average molecular weight is 270 g/mol. The van der Waals surface area contributed by atoms with Gasteiger partial charge in [-0.15, -0.1) is 0 Å². The van der Waals surface area contributed by atoms with Gasteiger partial charge >= 0.3 is 5.97 Å². The summed E-state index contributed by atoms with van der Waals surface area (Å²) in [6, 6.07) is 13.5. The lowest BCUT2D eigenvalue weighted by atomic mass is 10.2. The van der Waals surface area contributed by atoms with Gasteiger partial charge in [0, 0.05) is 5.56 Å². The molecule has 0 aliphatic rings. The molecule has 0 aliphatic carbocycles. The zero-order valence-electron chi connectivity index (χ0n) is 11.0. The molecule has 0 saturated heterocycles. The summed E-state index contributed by atoms with van der Waals surface area (Å²) < 4.78 is 10.5. The molecule has 0 unspecified atom stereocenters. The van der Waals surface area contributed by atoms with Crippen molar-refractivity contribution in [3.8, 4) is 11.5 Å². The van der Waals surface area contributed by atoms with Crippen molar-refractivity contribution in [3.05, 3.63) is 59.7 Å². The molecule has 0 aromatic heterocycles. The highest BCUT2D eigenvalue weighted by atomic mass is 16.5. The van der Waals surface area contributed by atoms with Gasteiger partial charge in [0.15, 0.2) is 0 Å². The van der Waals surface area contributed by atoms with Gasteiger partial charge in [-0.25, -0.2) is 4.79 Å². The van der Waals surface area contributed by atoms with Gasteiger partial charge in [0.2, 0.25) is 0 Å². The lowest BCUT2D eigenvalue weighted by Crippen LogP contribution is -2.03. The fourth-order valence-corrected chi connectivity index (χ4v) is 1.66. The smallest absolute Gasteiger partial charge is 0.338 e. The second kappa shape index (κ2) is 6.52. The SMILES string of the molecule is CCOC(=O)c1ccc(Oc2cccc(C=O)c2)cc1. The van der Waals surface area contributed by atoms with Crippen molar-refractivity contribution < 1.29 is 19.1 Å². The summed E-state index contributed by atoms with van der Waals surface area (Å²) in [6.07, 6.45) is 0.761. The Morgan fingerprint density at radius 3 is 2.50 bits per heavy atom. The highest BCUT2D eigenvalue weighted by molar-refractivity contribution is 5.89. The fourth-order valence-electron chi connectivity index (χ4n) is 1.66. The van der Waals surface area contributed by atoms with Crippen molar-refractivity contribution >= 4 is 12.3 Å². The molecule has 0 heterocycles. The summed E-state index contributed by atoms with van der Waals surface area (Å²) in [4.78, 5) is 22.2. The molecule has 20 heavy (non-hydrogen) atoms. The van der Waals surface area contributed by atoms with Crippen molar-refractivity contribution in [2.24, 2.45) is 0 Å². The van der Waals surface area contributed by atoms with Crippen LogP contribution in [0.1, 0.15) is 27.6 Å². The molecule has 0 saturated carbocycles. The first-order valence-electron chi connectivity index (χ1n) is 6.23. The van der Waals surface area contributed by atoms with E-state index in [0.29, 0.717) is 29.2 Å². The molecule has 2 aromatic carbocycles. The highest BCUT2D eigenvalue weighted by Gasteiger charge is 2.06. The predicted molar refractivity (Wildman–Crippen MR) is 74.3 cm³/mol. The molecule has 0 atom stereocenters. The number of esters is 1. The largest absolute Gasteiger partial charge is 0.462 e. The van der Waals surface area contributed by atoms with E-state index < -0.39 is 0 Å². The number of rotatable bonds is 5. The minimum atomic E-state index is -0.359. The van der Waals surface area contributed by atoms with Crippen LogP contribution in [0, 0.1) is 0 Å². The Morgan fingerprint density at radius 2 is 1.85 bits per heavy atom. The molecule has 2 rings (SSSR count). The number of ether oxygens (including phenoxy) is 2. The van der Waals surface area contributed by atoms with Crippen LogP contribution in [0.3, 0.4) is 0 Å². The quantitative estimate of drug-likeness (QED) is 0.616. The van der Waals surface area contributed by atoms with E-state index in [2.05, 4.69) is 0 Å². The van der Waals surface area contributed by atoms with Crippen molar-refractivity contribution in [2.45, 2.75) is 6.92 Å². The molecule has 0 radical (unpaired) electrons. The molecule has 0 spiro atoms. The molecule has 0 bridgehead atoms. The molecule has 102 valence electrons. The van der Waals surface area contributed by atoms with Crippen LogP contribution in [0.2, 0.25) is 0 Å². The van der Waals surface area contributed by atoms with Crippen LogP contribution >= 0.6 is 0 Å². The Labute approximate surface area is 116 Å². The van der Waals surface area contributed by atoms with E-state index in [1.54, 1.807) is 55.5 Å². The summed E-state index contributed by atoms with van der Waals surface area (Å²) in [5.74, 6) is 0.793. The molecule has 2 aromatic rings. The van der Waals surface area contributed by atoms with Gasteiger partial charge < -0.3 is 9.47 Å². The zero-order chi connectivity index (χ0) is 14.4. The standard InChI is InChI=1S/C16H14O4/c1-2-19-16(18)13-6-8-14(9-7-13)20-15-5-3-4-12(10-15)11-17/h3-11H,2H2,1H3. The maximum atomic E-state index is 11.5. The molecule has 0 amide bonds. The summed E-state index contributed by atoms with van der Waals surface area (Å²) in [5, 5.41) is 0. The van der Waals surface area contributed by atoms with Crippen LogP contribution in [0.15, 0.2) is 48.5 Å². The molecule has 4 heteroatoms. The third kappa shape index (κ3) is 3.45. The van der Waals surface area contributed by atoms with E-state index in [4.69, 9.17) is 9.47 Å². The average Bonchev–Trinajstić information content (AvgIpc) is 2.48. The number of aldehydes is 1. The van der Waals surface area contributed by atoms with E-state index in [0.717, 1.165) is 6.29 Å². The van der Waals surface area contributed by atoms with Crippen molar-refractivity contribution in [1.82, 2.24) is 0 Å². The predicted octanol–water partition coefficient (Wildman–Crippen LogP) is 3.47. The van der Waals surface area contributed by atoms with E-state index in [9.17, 15) is 9.59 Å². The topological polar surface area (TPSA) is 52.6 Å². The van der Waals surface area contributed by atoms with Gasteiger partial charge in [0.05, 0.1) is 12.2 Å². The molecule has 4 nitrogen and oxygen atoms in total. The Balaban J connectivity index is 2.10. The van der Waals surface area contributed by atoms with Crippen molar-refractivity contribution in [3.63, 3.8) is 0 Å². The first-order valence-corrected chi connectivity index (χ1v) is 6.23. The minimum absolute atomic E-state index is 0.343. The number of carbonyl (C=O) groups is 2. The maximum Gasteiger partial charge on any atom is 0.338 e. The van der Waals surface area contributed by atoms with E-state index in [1.165, 1.54) is 0 Å². The molecule has 0 aliphatic heterocycles. The Hall–Kier alpha value is -2.62. The lowest BCUT2D eigenvalue weighted by Gasteiger charge is -2.07. The summed E-state index contributed by atoms with van der Waals surface area (Å²) in [7, 11) is 0. The van der Waals surface area contributed by atoms with Crippen molar-refractivity contribution in [2.75, 3.05) is 6.61 Å². The van der Waals surface area contributed by atoms with Crippen LogP contribution in [-0.2, 0) is 4.74 Å². The number of hydrogen-bond acceptors (Lipinski definition) is 4. The third-order valence-corrected chi connectivity index (χ3v) is 2.60. The summed E-state index contributed by atoms with van der Waals surface area (Å²) in [6.45, 7) is 2.10. The van der Waals surface area contributed by atoms with Crippen LogP contribution in [-0.4, -0.2) is 18.9 Å². The van der Waals surface area contributed by atoms with E-state index in [1.807, 2.05) is 0 Å². The molecular formula is C16H14O4. The maximum absolute atomic E-state index is 11.5. The van der Waals surface area contributed by atoms with Gasteiger partial charge in [-0.05, 0) is 43.3 Å². The Kier molecular flexibility index (Phi) is 4.50. The van der Waals surface area contributed by atoms with Gasteiger partial charge in [-0.3, -0.25) is 4.79 Å². The first kappa shape index (κ1) is 13.8. The summed E-state index contributed by atoms with van der Waals surface area (Å²) in [5.41, 5.74) is 1.02. The highest BCUT2D eigenvalue weighted by Crippen LogP contribution is 2.22. The Morgan fingerprint density at radius 1 is 1.10 bits per heavy atom. The Bertz CT molecular complexity index is 602. The van der Waals surface area contributed by atoms with Gasteiger partial charge in [-0.2, -0.15) is 0 Å². The minimum Gasteiger partial charge on any atom is -0.462 e. The first-order chi connectivity index (χ1) is 9.72. The third-order valence-electron chi connectivity index (χ3n) is 2.60. The molecule has 0 N–H and O–H groups in total. The normalized spacial score (nSPS) is 9.85. The second-order valence-corrected chi connectivity index (χ2v) is 4.04. The van der Waals surface area contributed by atoms with Crippen LogP contribution < -0.4 is 4.74 Å². The van der Waals surface area contributed by atoms with E-state index in [-0.39, 0.29) is 5.97 Å². The van der Waals surface area contributed by atoms with Crippen molar-refractivity contribution in [1.29, 1.82) is 0 Å². The van der Waals surface area contributed by atoms with Gasteiger partial charge in [-0.1, -0.05) is 12.1 Å². The van der Waals surface area contributed by atoms with Gasteiger partial charge in [0.25, 0.3) is 0 Å². The van der Waals surface area contributed by atoms with E-state index >= 15 is 0 Å².